The van der Waals surface area contributed by atoms with Gasteiger partial charge in [-0.1, -0.05) is 12.1 Å². The van der Waals surface area contributed by atoms with Crippen LogP contribution in [0.3, 0.4) is 0 Å². The van der Waals surface area contributed by atoms with Gasteiger partial charge in [0, 0.05) is 5.69 Å². The van der Waals surface area contributed by atoms with Crippen LogP contribution < -0.4 is 10.1 Å². The van der Waals surface area contributed by atoms with E-state index in [1.165, 1.54) is 0 Å². The van der Waals surface area contributed by atoms with Gasteiger partial charge in [-0.05, 0) is 69.2 Å². The molecule has 0 saturated heterocycles. The molecule has 2 rings (SSSR count). The molecule has 25 heavy (non-hydrogen) atoms. The van der Waals surface area contributed by atoms with Gasteiger partial charge in [-0.2, -0.15) is 0 Å². The van der Waals surface area contributed by atoms with Gasteiger partial charge in [0.05, 0.1) is 12.2 Å². The minimum absolute atomic E-state index is 0.368. The van der Waals surface area contributed by atoms with Crippen LogP contribution in [0.2, 0.25) is 0 Å². The highest BCUT2D eigenvalue weighted by Crippen LogP contribution is 2.19. The third-order valence-corrected chi connectivity index (χ3v) is 3.92. The molecule has 0 bridgehead atoms. The Balaban J connectivity index is 1.98. The Kier molecular flexibility index (Phi) is 6.17. The van der Waals surface area contributed by atoms with Gasteiger partial charge in [0.1, 0.15) is 5.75 Å². The first-order valence-corrected chi connectivity index (χ1v) is 8.23. The van der Waals surface area contributed by atoms with Crippen LogP contribution in [0.4, 0.5) is 5.69 Å². The molecule has 2 aromatic carbocycles. The zero-order valence-electron chi connectivity index (χ0n) is 15.0. The molecule has 5 nitrogen and oxygen atoms in total. The quantitative estimate of drug-likeness (QED) is 0.810. The van der Waals surface area contributed by atoms with Crippen molar-refractivity contribution in [2.24, 2.45) is 0 Å². The molecule has 0 fully saturated rings. The van der Waals surface area contributed by atoms with Crippen molar-refractivity contribution in [2.45, 2.75) is 33.8 Å². The number of nitrogens with one attached hydrogen (secondary N) is 1. The Morgan fingerprint density at radius 2 is 1.76 bits per heavy atom. The van der Waals surface area contributed by atoms with E-state index in [0.29, 0.717) is 23.6 Å². The Hall–Kier alpha value is -2.82. The molecule has 1 N–H and O–H groups in total. The number of rotatable bonds is 6. The first-order valence-electron chi connectivity index (χ1n) is 8.23. The predicted octanol–water partition coefficient (Wildman–Crippen LogP) is 3.89. The highest BCUT2D eigenvalue weighted by atomic mass is 16.5. The predicted molar refractivity (Wildman–Crippen MR) is 97.0 cm³/mol. The maximum atomic E-state index is 12.3. The fourth-order valence-corrected chi connectivity index (χ4v) is 2.26. The third kappa shape index (κ3) is 4.83. The van der Waals surface area contributed by atoms with Crippen LogP contribution in [0.25, 0.3) is 0 Å². The number of ether oxygens (including phenoxy) is 2. The van der Waals surface area contributed by atoms with E-state index in [-0.39, 0.29) is 5.91 Å². The van der Waals surface area contributed by atoms with Crippen molar-refractivity contribution < 1.29 is 19.1 Å². The summed E-state index contributed by atoms with van der Waals surface area (Å²) in [5.74, 6) is -0.237. The summed E-state index contributed by atoms with van der Waals surface area (Å²) in [7, 11) is 0. The lowest BCUT2D eigenvalue weighted by Gasteiger charge is -2.15. The van der Waals surface area contributed by atoms with Crippen molar-refractivity contribution in [1.82, 2.24) is 0 Å². The molecule has 0 saturated carbocycles. The van der Waals surface area contributed by atoms with Gasteiger partial charge >= 0.3 is 5.97 Å². The van der Waals surface area contributed by atoms with E-state index in [1.807, 2.05) is 39.0 Å². The highest BCUT2D eigenvalue weighted by molar-refractivity contribution is 5.97. The van der Waals surface area contributed by atoms with Gasteiger partial charge in [-0.3, -0.25) is 4.79 Å². The second-order valence-electron chi connectivity index (χ2n) is 5.74. The topological polar surface area (TPSA) is 64.6 Å². The monoisotopic (exact) mass is 341 g/mol. The van der Waals surface area contributed by atoms with E-state index in [2.05, 4.69) is 5.32 Å². The fourth-order valence-electron chi connectivity index (χ4n) is 2.26. The van der Waals surface area contributed by atoms with E-state index in [1.54, 1.807) is 31.2 Å². The Morgan fingerprint density at radius 3 is 2.40 bits per heavy atom. The number of anilines is 1. The number of esters is 1. The second kappa shape index (κ2) is 8.33. The minimum atomic E-state index is -0.904. The fraction of sp³-hybridized carbons (Fsp3) is 0.300. The maximum absolute atomic E-state index is 12.3. The average molecular weight is 341 g/mol. The first kappa shape index (κ1) is 18.5. The Bertz CT molecular complexity index is 753. The molecule has 0 aliphatic heterocycles. The molecule has 0 heterocycles. The number of hydrogen-bond acceptors (Lipinski definition) is 4. The van der Waals surface area contributed by atoms with Crippen LogP contribution in [-0.2, 0) is 9.53 Å². The Labute approximate surface area is 148 Å². The number of aryl methyl sites for hydroxylation is 1. The van der Waals surface area contributed by atoms with Gasteiger partial charge in [0.2, 0.25) is 0 Å². The molecule has 2 aromatic rings. The molecular formula is C20H23NO4. The van der Waals surface area contributed by atoms with E-state index < -0.39 is 12.1 Å². The van der Waals surface area contributed by atoms with Gasteiger partial charge in [-0.15, -0.1) is 0 Å². The molecule has 1 atom stereocenters. The van der Waals surface area contributed by atoms with Crippen LogP contribution in [0, 0.1) is 13.8 Å². The zero-order chi connectivity index (χ0) is 18.4. The summed E-state index contributed by atoms with van der Waals surface area (Å²) in [5.41, 5.74) is 3.15. The van der Waals surface area contributed by atoms with Gasteiger partial charge < -0.3 is 14.8 Å². The summed E-state index contributed by atoms with van der Waals surface area (Å²) in [6, 6.07) is 12.3. The molecular weight excluding hydrogens is 318 g/mol. The van der Waals surface area contributed by atoms with Crippen LogP contribution in [0.15, 0.2) is 42.5 Å². The molecule has 0 aliphatic carbocycles. The van der Waals surface area contributed by atoms with Crippen molar-refractivity contribution in [3.63, 3.8) is 0 Å². The van der Waals surface area contributed by atoms with Crippen LogP contribution in [0.5, 0.6) is 5.75 Å². The summed E-state index contributed by atoms with van der Waals surface area (Å²) in [6.07, 6.45) is -0.904. The van der Waals surface area contributed by atoms with Crippen LogP contribution >= 0.6 is 0 Å². The van der Waals surface area contributed by atoms with Crippen molar-refractivity contribution in [3.05, 3.63) is 59.2 Å². The van der Waals surface area contributed by atoms with Crippen molar-refractivity contribution in [3.8, 4) is 5.75 Å². The maximum Gasteiger partial charge on any atom is 0.338 e. The molecule has 0 spiro atoms. The lowest BCUT2D eigenvalue weighted by atomic mass is 10.1. The lowest BCUT2D eigenvalue weighted by molar-refractivity contribution is -0.123. The van der Waals surface area contributed by atoms with Crippen molar-refractivity contribution in [2.75, 3.05) is 11.9 Å². The summed E-state index contributed by atoms with van der Waals surface area (Å²) in [4.78, 5) is 24.4. The van der Waals surface area contributed by atoms with Crippen molar-refractivity contribution >= 4 is 17.6 Å². The van der Waals surface area contributed by atoms with E-state index in [9.17, 15) is 9.59 Å². The molecule has 0 radical (unpaired) electrons. The number of carbonyl (C=O) groups is 2. The van der Waals surface area contributed by atoms with Crippen LogP contribution in [0.1, 0.15) is 35.3 Å². The summed E-state index contributed by atoms with van der Waals surface area (Å²) >= 11 is 0. The third-order valence-electron chi connectivity index (χ3n) is 3.92. The highest BCUT2D eigenvalue weighted by Gasteiger charge is 2.19. The first-order chi connectivity index (χ1) is 11.9. The standard InChI is InChI=1S/C20H23NO4/c1-5-24-17-11-9-16(10-12-17)20(23)25-15(4)19(22)21-18-8-6-7-13(2)14(18)3/h6-12,15H,5H2,1-4H3,(H,21,22)/t15-/m1/s1. The molecule has 0 aliphatic rings. The number of amides is 1. The number of hydrogen-bond donors (Lipinski definition) is 1. The SMILES string of the molecule is CCOc1ccc(C(=O)O[C@H](C)C(=O)Nc2cccc(C)c2C)cc1. The van der Waals surface area contributed by atoms with Gasteiger partial charge in [0.15, 0.2) is 6.10 Å². The van der Waals surface area contributed by atoms with Gasteiger partial charge in [-0.25, -0.2) is 4.79 Å². The van der Waals surface area contributed by atoms with E-state index in [0.717, 1.165) is 11.1 Å². The molecule has 1 amide bonds. The molecule has 5 heteroatoms. The summed E-state index contributed by atoms with van der Waals surface area (Å²) < 4.78 is 10.6. The normalized spacial score (nSPS) is 11.5. The summed E-state index contributed by atoms with van der Waals surface area (Å²) in [5, 5.41) is 2.80. The largest absolute Gasteiger partial charge is 0.494 e. The number of benzene rings is 2. The molecule has 0 aromatic heterocycles. The van der Waals surface area contributed by atoms with Crippen LogP contribution in [-0.4, -0.2) is 24.6 Å². The van der Waals surface area contributed by atoms with E-state index in [4.69, 9.17) is 9.47 Å². The number of carbonyl (C=O) groups excluding carboxylic acids is 2. The second-order valence-corrected chi connectivity index (χ2v) is 5.74. The van der Waals surface area contributed by atoms with Gasteiger partial charge in [0.25, 0.3) is 5.91 Å². The molecule has 0 unspecified atom stereocenters. The lowest BCUT2D eigenvalue weighted by Crippen LogP contribution is -2.30. The summed E-state index contributed by atoms with van der Waals surface area (Å²) in [6.45, 7) is 7.90. The zero-order valence-corrected chi connectivity index (χ0v) is 15.0. The average Bonchev–Trinajstić information content (AvgIpc) is 2.59. The van der Waals surface area contributed by atoms with E-state index >= 15 is 0 Å². The minimum Gasteiger partial charge on any atom is -0.494 e. The molecule has 132 valence electrons. The van der Waals surface area contributed by atoms with Crippen molar-refractivity contribution in [1.29, 1.82) is 0 Å². The smallest absolute Gasteiger partial charge is 0.338 e. The Morgan fingerprint density at radius 1 is 1.08 bits per heavy atom.